The minimum atomic E-state index is -3.44. The Morgan fingerprint density at radius 2 is 2.00 bits per heavy atom. The molecule has 1 aliphatic heterocycles. The van der Waals surface area contributed by atoms with Gasteiger partial charge in [-0.3, -0.25) is 4.79 Å². The van der Waals surface area contributed by atoms with E-state index in [1.807, 2.05) is 13.8 Å². The van der Waals surface area contributed by atoms with Crippen molar-refractivity contribution < 1.29 is 13.2 Å². The highest BCUT2D eigenvalue weighted by molar-refractivity contribution is 7.88. The summed E-state index contributed by atoms with van der Waals surface area (Å²) in [5.74, 6) is -0.000287. The number of hydrogen-bond donors (Lipinski definition) is 1. The normalized spacial score (nSPS) is 19.4. The Hall–Kier alpha value is -1.11. The lowest BCUT2D eigenvalue weighted by atomic mass is 9.98. The zero-order valence-corrected chi connectivity index (χ0v) is 15.7. The molecule has 0 bridgehead atoms. The van der Waals surface area contributed by atoms with E-state index in [1.165, 1.54) is 4.31 Å². The summed E-state index contributed by atoms with van der Waals surface area (Å²) in [6.45, 7) is 5.42. The number of piperidine rings is 1. The van der Waals surface area contributed by atoms with Crippen LogP contribution < -0.4 is 5.32 Å². The highest BCUT2D eigenvalue weighted by atomic mass is 35.5. The number of nitrogens with one attached hydrogen (secondary N) is 1. The van der Waals surface area contributed by atoms with Gasteiger partial charge in [0, 0.05) is 24.7 Å². The molecule has 0 unspecified atom stereocenters. The third-order valence-corrected chi connectivity index (χ3v) is 6.16. The van der Waals surface area contributed by atoms with Crippen LogP contribution in [0.25, 0.3) is 0 Å². The van der Waals surface area contributed by atoms with E-state index in [1.54, 1.807) is 24.3 Å². The molecule has 0 aliphatic carbocycles. The number of carbonyl (C=O) groups excluding carboxylic acids is 1. The van der Waals surface area contributed by atoms with Crippen LogP contribution in [-0.4, -0.2) is 38.3 Å². The molecule has 1 saturated heterocycles. The molecular weight excluding hydrogens is 348 g/mol. The van der Waals surface area contributed by atoms with Crippen LogP contribution >= 0.6 is 11.6 Å². The van der Waals surface area contributed by atoms with Gasteiger partial charge in [0.05, 0.1) is 11.7 Å². The predicted molar refractivity (Wildman–Crippen MR) is 96.2 cm³/mol. The topological polar surface area (TPSA) is 66.5 Å². The summed E-state index contributed by atoms with van der Waals surface area (Å²) in [6, 6.07) is 6.81. The number of sulfonamides is 1. The molecule has 1 fully saturated rings. The molecule has 0 radical (unpaired) electrons. The van der Waals surface area contributed by atoms with Gasteiger partial charge in [0.2, 0.25) is 15.9 Å². The van der Waals surface area contributed by atoms with E-state index in [2.05, 4.69) is 5.32 Å². The fourth-order valence-corrected chi connectivity index (χ4v) is 4.48. The third-order valence-electron chi connectivity index (χ3n) is 4.10. The van der Waals surface area contributed by atoms with Crippen molar-refractivity contribution in [3.8, 4) is 0 Å². The molecule has 1 N–H and O–H groups in total. The second kappa shape index (κ2) is 8.32. The summed E-state index contributed by atoms with van der Waals surface area (Å²) in [5, 5.41) is 3.48. The van der Waals surface area contributed by atoms with Crippen molar-refractivity contribution in [2.75, 3.05) is 19.6 Å². The Bertz CT molecular complexity index is 659. The van der Waals surface area contributed by atoms with Crippen LogP contribution in [0.3, 0.4) is 0 Å². The van der Waals surface area contributed by atoms with Gasteiger partial charge in [-0.15, -0.1) is 0 Å². The van der Waals surface area contributed by atoms with Gasteiger partial charge in [-0.05, 0) is 36.5 Å². The molecule has 1 aromatic carbocycles. The van der Waals surface area contributed by atoms with Crippen LogP contribution in [0.1, 0.15) is 32.3 Å². The summed E-state index contributed by atoms with van der Waals surface area (Å²) < 4.78 is 26.7. The Morgan fingerprint density at radius 1 is 1.33 bits per heavy atom. The van der Waals surface area contributed by atoms with Crippen molar-refractivity contribution >= 4 is 27.5 Å². The number of nitrogens with zero attached hydrogens (tertiary/aromatic N) is 1. The fraction of sp³-hybridized carbons (Fsp3) is 0.588. The number of amides is 1. The largest absolute Gasteiger partial charge is 0.356 e. The van der Waals surface area contributed by atoms with Gasteiger partial charge in [-0.1, -0.05) is 37.6 Å². The molecule has 134 valence electrons. The predicted octanol–water partition coefficient (Wildman–Crippen LogP) is 2.65. The van der Waals surface area contributed by atoms with Gasteiger partial charge in [0.25, 0.3) is 0 Å². The van der Waals surface area contributed by atoms with Gasteiger partial charge < -0.3 is 5.32 Å². The van der Waals surface area contributed by atoms with Gasteiger partial charge >= 0.3 is 0 Å². The molecule has 5 nitrogen and oxygen atoms in total. The number of halogens is 1. The maximum atomic E-state index is 12.6. The van der Waals surface area contributed by atoms with Crippen molar-refractivity contribution in [2.45, 2.75) is 32.4 Å². The van der Waals surface area contributed by atoms with Crippen LogP contribution in [-0.2, 0) is 20.6 Å². The maximum Gasteiger partial charge on any atom is 0.224 e. The fourth-order valence-electron chi connectivity index (χ4n) is 2.74. The number of rotatable bonds is 6. The molecule has 1 aliphatic rings. The van der Waals surface area contributed by atoms with E-state index in [9.17, 15) is 13.2 Å². The van der Waals surface area contributed by atoms with Crippen LogP contribution in [0.15, 0.2) is 24.3 Å². The summed E-state index contributed by atoms with van der Waals surface area (Å²) in [6.07, 6.45) is 1.44. The Labute approximate surface area is 149 Å². The smallest absolute Gasteiger partial charge is 0.224 e. The number of benzene rings is 1. The molecule has 7 heteroatoms. The van der Waals surface area contributed by atoms with Crippen molar-refractivity contribution in [2.24, 2.45) is 11.8 Å². The first-order valence-electron chi connectivity index (χ1n) is 8.28. The highest BCUT2D eigenvalue weighted by Gasteiger charge is 2.32. The second-order valence-electron chi connectivity index (χ2n) is 6.72. The van der Waals surface area contributed by atoms with Crippen molar-refractivity contribution in [1.82, 2.24) is 9.62 Å². The standard InChI is InChI=1S/C17H25ClN2O3S/c1-13(2)10-19-17(21)15-4-3-9-20(11-15)24(22,23)12-14-5-7-16(18)8-6-14/h5-8,13,15H,3-4,9-12H2,1-2H3,(H,19,21)/t15-/m1/s1. The van der Waals surface area contributed by atoms with Gasteiger partial charge in [-0.25, -0.2) is 12.7 Å². The van der Waals surface area contributed by atoms with E-state index in [4.69, 9.17) is 11.6 Å². The molecule has 1 amide bonds. The van der Waals surface area contributed by atoms with Crippen LogP contribution in [0.2, 0.25) is 5.02 Å². The SMILES string of the molecule is CC(C)CNC(=O)[C@@H]1CCCN(S(=O)(=O)Cc2ccc(Cl)cc2)C1. The van der Waals surface area contributed by atoms with Crippen molar-refractivity contribution in [1.29, 1.82) is 0 Å². The zero-order chi connectivity index (χ0) is 17.7. The molecule has 2 rings (SSSR count). The minimum absolute atomic E-state index is 0.0462. The summed E-state index contributed by atoms with van der Waals surface area (Å²) in [4.78, 5) is 12.2. The van der Waals surface area contributed by atoms with Gasteiger partial charge in [0.15, 0.2) is 0 Å². The molecule has 0 aromatic heterocycles. The number of carbonyl (C=O) groups is 1. The van der Waals surface area contributed by atoms with E-state index in [0.717, 1.165) is 6.42 Å². The van der Waals surface area contributed by atoms with E-state index < -0.39 is 10.0 Å². The Kier molecular flexibility index (Phi) is 6.66. The van der Waals surface area contributed by atoms with Gasteiger partial charge in [0.1, 0.15) is 0 Å². The zero-order valence-electron chi connectivity index (χ0n) is 14.2. The minimum Gasteiger partial charge on any atom is -0.356 e. The average Bonchev–Trinajstić information content (AvgIpc) is 2.54. The lowest BCUT2D eigenvalue weighted by molar-refractivity contribution is -0.126. The summed E-state index contributed by atoms with van der Waals surface area (Å²) in [5.41, 5.74) is 0.700. The molecule has 0 saturated carbocycles. The lowest BCUT2D eigenvalue weighted by Crippen LogP contribution is -2.46. The highest BCUT2D eigenvalue weighted by Crippen LogP contribution is 2.22. The summed E-state index contributed by atoms with van der Waals surface area (Å²) in [7, 11) is -3.44. The van der Waals surface area contributed by atoms with Crippen LogP contribution in [0.5, 0.6) is 0 Å². The van der Waals surface area contributed by atoms with Crippen molar-refractivity contribution in [3.63, 3.8) is 0 Å². The van der Waals surface area contributed by atoms with Crippen LogP contribution in [0, 0.1) is 11.8 Å². The first-order valence-corrected chi connectivity index (χ1v) is 10.3. The van der Waals surface area contributed by atoms with Gasteiger partial charge in [-0.2, -0.15) is 0 Å². The first-order chi connectivity index (χ1) is 11.3. The molecule has 0 spiro atoms. The van der Waals surface area contributed by atoms with Crippen molar-refractivity contribution in [3.05, 3.63) is 34.9 Å². The Balaban J connectivity index is 1.99. The maximum absolute atomic E-state index is 12.6. The molecule has 24 heavy (non-hydrogen) atoms. The molecule has 1 atom stereocenters. The quantitative estimate of drug-likeness (QED) is 0.834. The monoisotopic (exact) mass is 372 g/mol. The molecular formula is C17H25ClN2O3S. The average molecular weight is 373 g/mol. The van der Waals surface area contributed by atoms with E-state index >= 15 is 0 Å². The van der Waals surface area contributed by atoms with E-state index in [-0.39, 0.29) is 24.1 Å². The Morgan fingerprint density at radius 3 is 2.62 bits per heavy atom. The second-order valence-corrected chi connectivity index (χ2v) is 9.12. The van der Waals surface area contributed by atoms with Crippen LogP contribution in [0.4, 0.5) is 0 Å². The first kappa shape index (κ1) is 19.2. The van der Waals surface area contributed by atoms with E-state index in [0.29, 0.717) is 36.0 Å². The molecule has 1 aromatic rings. The summed E-state index contributed by atoms with van der Waals surface area (Å²) >= 11 is 5.83. The molecule has 1 heterocycles. The third kappa shape index (κ3) is 5.46. The lowest BCUT2D eigenvalue weighted by Gasteiger charge is -2.31. The number of hydrogen-bond acceptors (Lipinski definition) is 3.